The van der Waals surface area contributed by atoms with Crippen LogP contribution in [0.5, 0.6) is 0 Å². The van der Waals surface area contributed by atoms with Crippen molar-refractivity contribution in [1.29, 1.82) is 0 Å². The Hall–Kier alpha value is 0.310. The Kier molecular flexibility index (Phi) is 2.84. The van der Waals surface area contributed by atoms with E-state index in [4.69, 9.17) is 0 Å². The molecule has 0 aliphatic heterocycles. The van der Waals surface area contributed by atoms with Crippen LogP contribution in [0.1, 0.15) is 27.7 Å². The molecular formula is C6H15NS. The fraction of sp³-hybridized carbons (Fsp3) is 1.00. The number of rotatable bonds is 1. The summed E-state index contributed by atoms with van der Waals surface area (Å²) in [5, 5.41) is 0. The largest absolute Gasteiger partial charge is 0.248 e. The van der Waals surface area contributed by atoms with Gasteiger partial charge in [-0.3, -0.25) is 0 Å². The van der Waals surface area contributed by atoms with Gasteiger partial charge in [-0.05, 0) is 20.8 Å². The molecule has 0 aromatic heterocycles. The first kappa shape index (κ1) is 8.31. The molecule has 0 rings (SSSR count). The molecule has 0 bridgehead atoms. The Morgan fingerprint density at radius 2 is 1.75 bits per heavy atom. The minimum Gasteiger partial charge on any atom is -0.248 e. The summed E-state index contributed by atoms with van der Waals surface area (Å²) in [6.45, 7) is 9.52. The first-order valence-corrected chi connectivity index (χ1v) is 3.35. The fourth-order valence-electron chi connectivity index (χ4n) is 0.474. The van der Waals surface area contributed by atoms with Crippen molar-refractivity contribution in [3.8, 4) is 0 Å². The summed E-state index contributed by atoms with van der Waals surface area (Å²) >= 11 is 4.24. The third-order valence-electron chi connectivity index (χ3n) is 1.07. The van der Waals surface area contributed by atoms with E-state index in [-0.39, 0.29) is 5.54 Å². The zero-order valence-electron chi connectivity index (χ0n) is 6.10. The maximum Gasteiger partial charge on any atom is 0.0226 e. The van der Waals surface area contributed by atoms with Crippen molar-refractivity contribution in [2.45, 2.75) is 33.2 Å². The predicted octanol–water partition coefficient (Wildman–Crippen LogP) is 1.95. The molecule has 0 saturated heterocycles. The molecule has 0 N–H and O–H groups in total. The van der Waals surface area contributed by atoms with Gasteiger partial charge >= 0.3 is 0 Å². The Morgan fingerprint density at radius 1 is 1.38 bits per heavy atom. The SMILES string of the molecule is CCN(S)C(C)(C)C. The van der Waals surface area contributed by atoms with E-state index in [1.54, 1.807) is 0 Å². The molecule has 0 amide bonds. The van der Waals surface area contributed by atoms with Gasteiger partial charge in [-0.15, -0.1) is 0 Å². The number of hydrogen-bond donors (Lipinski definition) is 1. The lowest BCUT2D eigenvalue weighted by atomic mass is 10.1. The van der Waals surface area contributed by atoms with Gasteiger partial charge in [0.1, 0.15) is 0 Å². The molecule has 0 saturated carbocycles. The summed E-state index contributed by atoms with van der Waals surface area (Å²) in [6, 6.07) is 0. The van der Waals surface area contributed by atoms with E-state index in [0.29, 0.717) is 0 Å². The smallest absolute Gasteiger partial charge is 0.0226 e. The second-order valence-corrected chi connectivity index (χ2v) is 3.37. The maximum absolute atomic E-state index is 4.24. The first-order valence-electron chi connectivity index (χ1n) is 2.95. The molecule has 0 atom stereocenters. The Morgan fingerprint density at radius 3 is 1.75 bits per heavy atom. The predicted molar refractivity (Wildman–Crippen MR) is 41.1 cm³/mol. The highest BCUT2D eigenvalue weighted by Crippen LogP contribution is 2.13. The van der Waals surface area contributed by atoms with Gasteiger partial charge in [-0.25, -0.2) is 4.31 Å². The van der Waals surface area contributed by atoms with Gasteiger partial charge in [0.05, 0.1) is 0 Å². The van der Waals surface area contributed by atoms with E-state index in [0.717, 1.165) is 6.54 Å². The average molecular weight is 133 g/mol. The van der Waals surface area contributed by atoms with Crippen LogP contribution in [0.15, 0.2) is 0 Å². The Balaban J connectivity index is 3.62. The number of thiol groups is 1. The van der Waals surface area contributed by atoms with Crippen LogP contribution in [-0.4, -0.2) is 16.4 Å². The molecule has 0 fully saturated rings. The Labute approximate surface area is 57.6 Å². The monoisotopic (exact) mass is 133 g/mol. The van der Waals surface area contributed by atoms with Gasteiger partial charge in [0, 0.05) is 12.1 Å². The summed E-state index contributed by atoms with van der Waals surface area (Å²) in [4.78, 5) is 0. The molecule has 2 heteroatoms. The molecule has 0 radical (unpaired) electrons. The van der Waals surface area contributed by atoms with Crippen LogP contribution < -0.4 is 0 Å². The van der Waals surface area contributed by atoms with E-state index < -0.39 is 0 Å². The third kappa shape index (κ3) is 2.58. The van der Waals surface area contributed by atoms with Gasteiger partial charge < -0.3 is 0 Å². The van der Waals surface area contributed by atoms with Crippen molar-refractivity contribution >= 4 is 12.8 Å². The fourth-order valence-corrected chi connectivity index (χ4v) is 0.474. The second-order valence-electron chi connectivity index (χ2n) is 2.89. The minimum atomic E-state index is 0.206. The standard InChI is InChI=1S/C6H15NS/c1-5-7(8)6(2,3)4/h8H,5H2,1-4H3. The lowest BCUT2D eigenvalue weighted by molar-refractivity contribution is 0.289. The van der Waals surface area contributed by atoms with E-state index in [2.05, 4.69) is 40.5 Å². The zero-order valence-corrected chi connectivity index (χ0v) is 7.00. The minimum absolute atomic E-state index is 0.206. The van der Waals surface area contributed by atoms with Crippen molar-refractivity contribution in [1.82, 2.24) is 4.31 Å². The van der Waals surface area contributed by atoms with Crippen LogP contribution in [0, 0.1) is 0 Å². The highest BCUT2D eigenvalue weighted by molar-refractivity contribution is 7.77. The summed E-state index contributed by atoms with van der Waals surface area (Å²) in [6.07, 6.45) is 0. The molecule has 1 nitrogen and oxygen atoms in total. The van der Waals surface area contributed by atoms with Gasteiger partial charge in [-0.1, -0.05) is 19.7 Å². The molecule has 0 unspecified atom stereocenters. The normalized spacial score (nSPS) is 12.8. The van der Waals surface area contributed by atoms with Crippen LogP contribution in [0.4, 0.5) is 0 Å². The maximum atomic E-state index is 4.24. The Bertz CT molecular complexity index is 65.4. The second kappa shape index (κ2) is 2.74. The molecular weight excluding hydrogens is 118 g/mol. The highest BCUT2D eigenvalue weighted by atomic mass is 32.1. The van der Waals surface area contributed by atoms with E-state index in [1.807, 2.05) is 4.31 Å². The van der Waals surface area contributed by atoms with Crippen LogP contribution >= 0.6 is 12.8 Å². The van der Waals surface area contributed by atoms with Gasteiger partial charge in [0.15, 0.2) is 0 Å². The van der Waals surface area contributed by atoms with Crippen LogP contribution in [-0.2, 0) is 0 Å². The molecule has 0 aromatic rings. The van der Waals surface area contributed by atoms with Crippen molar-refractivity contribution in [3.05, 3.63) is 0 Å². The average Bonchev–Trinajstić information content (AvgIpc) is 1.62. The van der Waals surface area contributed by atoms with Gasteiger partial charge in [-0.2, -0.15) is 0 Å². The van der Waals surface area contributed by atoms with E-state index in [1.165, 1.54) is 0 Å². The summed E-state index contributed by atoms with van der Waals surface area (Å²) in [5.41, 5.74) is 0.206. The van der Waals surface area contributed by atoms with Crippen molar-refractivity contribution < 1.29 is 0 Å². The highest BCUT2D eigenvalue weighted by Gasteiger charge is 2.14. The summed E-state index contributed by atoms with van der Waals surface area (Å²) in [7, 11) is 0. The van der Waals surface area contributed by atoms with Crippen molar-refractivity contribution in [2.24, 2.45) is 0 Å². The molecule has 8 heavy (non-hydrogen) atoms. The van der Waals surface area contributed by atoms with Gasteiger partial charge in [0.2, 0.25) is 0 Å². The quantitative estimate of drug-likeness (QED) is 0.535. The summed E-state index contributed by atoms with van der Waals surface area (Å²) < 4.78 is 2.01. The first-order chi connectivity index (χ1) is 3.48. The van der Waals surface area contributed by atoms with Crippen LogP contribution in [0.2, 0.25) is 0 Å². The molecule has 0 aromatic carbocycles. The summed E-state index contributed by atoms with van der Waals surface area (Å²) in [5.74, 6) is 0. The molecule has 50 valence electrons. The number of hydrogen-bond acceptors (Lipinski definition) is 2. The lowest BCUT2D eigenvalue weighted by Gasteiger charge is -2.28. The molecule has 0 aliphatic carbocycles. The number of nitrogens with zero attached hydrogens (tertiary/aromatic N) is 1. The van der Waals surface area contributed by atoms with E-state index >= 15 is 0 Å². The van der Waals surface area contributed by atoms with Crippen molar-refractivity contribution in [2.75, 3.05) is 6.54 Å². The van der Waals surface area contributed by atoms with E-state index in [9.17, 15) is 0 Å². The topological polar surface area (TPSA) is 3.24 Å². The van der Waals surface area contributed by atoms with Crippen LogP contribution in [0.3, 0.4) is 0 Å². The van der Waals surface area contributed by atoms with Gasteiger partial charge in [0.25, 0.3) is 0 Å². The molecule has 0 spiro atoms. The molecule has 0 aliphatic rings. The third-order valence-corrected chi connectivity index (χ3v) is 1.96. The van der Waals surface area contributed by atoms with Crippen LogP contribution in [0.25, 0.3) is 0 Å². The lowest BCUT2D eigenvalue weighted by Crippen LogP contribution is -2.33. The van der Waals surface area contributed by atoms with Crippen molar-refractivity contribution in [3.63, 3.8) is 0 Å². The molecule has 0 heterocycles. The zero-order chi connectivity index (χ0) is 6.78.